The van der Waals surface area contributed by atoms with E-state index in [2.05, 4.69) is 5.32 Å². The number of nitrogens with one attached hydrogen (secondary N) is 1. The van der Waals surface area contributed by atoms with Crippen molar-refractivity contribution in [3.8, 4) is 5.75 Å². The van der Waals surface area contributed by atoms with Gasteiger partial charge in [0.25, 0.3) is 0 Å². The fraction of sp³-hybridized carbons (Fsp3) is 0.462. The first kappa shape index (κ1) is 14.2. The van der Waals surface area contributed by atoms with Crippen molar-refractivity contribution in [1.82, 2.24) is 5.32 Å². The summed E-state index contributed by atoms with van der Waals surface area (Å²) < 4.78 is 5.56. The molecule has 100 valence electrons. The van der Waals surface area contributed by atoms with Crippen molar-refractivity contribution >= 4 is 17.3 Å². The zero-order chi connectivity index (χ0) is 13.5. The van der Waals surface area contributed by atoms with Crippen molar-refractivity contribution in [1.29, 1.82) is 0 Å². The van der Waals surface area contributed by atoms with Gasteiger partial charge in [0, 0.05) is 25.8 Å². The highest BCUT2D eigenvalue weighted by molar-refractivity contribution is 5.81. The number of ether oxygens (including phenoxy) is 1. The molecule has 0 unspecified atom stereocenters. The van der Waals surface area contributed by atoms with Crippen molar-refractivity contribution in [2.75, 3.05) is 37.9 Å². The van der Waals surface area contributed by atoms with E-state index in [1.807, 2.05) is 31.0 Å². The van der Waals surface area contributed by atoms with E-state index in [1.165, 1.54) is 0 Å². The second kappa shape index (κ2) is 6.74. The third kappa shape index (κ3) is 3.84. The van der Waals surface area contributed by atoms with Gasteiger partial charge in [0.2, 0.25) is 5.91 Å². The molecule has 0 radical (unpaired) electrons. The highest BCUT2D eigenvalue weighted by Crippen LogP contribution is 2.27. The van der Waals surface area contributed by atoms with Crippen LogP contribution in [0.1, 0.15) is 13.3 Å². The Labute approximate surface area is 108 Å². The van der Waals surface area contributed by atoms with Crippen LogP contribution in [0.5, 0.6) is 5.75 Å². The van der Waals surface area contributed by atoms with Crippen molar-refractivity contribution in [2.24, 2.45) is 0 Å². The van der Waals surface area contributed by atoms with Gasteiger partial charge in [-0.1, -0.05) is 6.92 Å². The second-order valence-corrected chi connectivity index (χ2v) is 4.10. The van der Waals surface area contributed by atoms with E-state index in [0.717, 1.165) is 12.1 Å². The number of benzene rings is 1. The van der Waals surface area contributed by atoms with Gasteiger partial charge < -0.3 is 20.7 Å². The molecule has 0 spiro atoms. The largest absolute Gasteiger partial charge is 0.491 e. The Kier molecular flexibility index (Phi) is 5.30. The van der Waals surface area contributed by atoms with E-state index in [4.69, 9.17) is 10.5 Å². The number of hydrogen-bond acceptors (Lipinski definition) is 4. The summed E-state index contributed by atoms with van der Waals surface area (Å²) in [6, 6.07) is 5.52. The van der Waals surface area contributed by atoms with Crippen LogP contribution in [0.15, 0.2) is 18.2 Å². The van der Waals surface area contributed by atoms with Gasteiger partial charge >= 0.3 is 0 Å². The standard InChI is InChI=1S/C13H21N3O2/c1-4-7-18-12-8-10(5-6-11(12)14)16(3)9-13(17)15-2/h5-6,8H,4,7,9,14H2,1-3H3,(H,15,17). The van der Waals surface area contributed by atoms with Gasteiger partial charge in [0.1, 0.15) is 5.75 Å². The molecule has 5 nitrogen and oxygen atoms in total. The first-order valence-electron chi connectivity index (χ1n) is 6.02. The molecule has 0 aliphatic rings. The van der Waals surface area contributed by atoms with E-state index in [0.29, 0.717) is 24.6 Å². The summed E-state index contributed by atoms with van der Waals surface area (Å²) in [4.78, 5) is 13.2. The van der Waals surface area contributed by atoms with E-state index in [1.54, 1.807) is 13.1 Å². The summed E-state index contributed by atoms with van der Waals surface area (Å²) in [6.45, 7) is 2.97. The number of nitrogens with zero attached hydrogens (tertiary/aromatic N) is 1. The Hall–Kier alpha value is -1.91. The van der Waals surface area contributed by atoms with Gasteiger partial charge in [-0.15, -0.1) is 0 Å². The van der Waals surface area contributed by atoms with Crippen LogP contribution in [-0.2, 0) is 4.79 Å². The van der Waals surface area contributed by atoms with E-state index >= 15 is 0 Å². The second-order valence-electron chi connectivity index (χ2n) is 4.10. The van der Waals surface area contributed by atoms with Gasteiger partial charge in [-0.2, -0.15) is 0 Å². The summed E-state index contributed by atoms with van der Waals surface area (Å²) >= 11 is 0. The number of likely N-dealkylation sites (N-methyl/N-ethyl adjacent to an activating group) is 2. The quantitative estimate of drug-likeness (QED) is 0.746. The number of amides is 1. The molecule has 0 saturated heterocycles. The molecular formula is C13H21N3O2. The molecule has 0 aromatic heterocycles. The minimum atomic E-state index is -0.0367. The minimum Gasteiger partial charge on any atom is -0.491 e. The number of anilines is 2. The molecule has 3 N–H and O–H groups in total. The molecule has 0 saturated carbocycles. The zero-order valence-electron chi connectivity index (χ0n) is 11.2. The van der Waals surface area contributed by atoms with Gasteiger partial charge in [-0.05, 0) is 18.6 Å². The van der Waals surface area contributed by atoms with Crippen LogP contribution in [0.25, 0.3) is 0 Å². The number of nitrogen functional groups attached to an aromatic ring is 1. The van der Waals surface area contributed by atoms with E-state index in [-0.39, 0.29) is 5.91 Å². The van der Waals surface area contributed by atoms with Crippen LogP contribution in [0.2, 0.25) is 0 Å². The van der Waals surface area contributed by atoms with Crippen LogP contribution in [-0.4, -0.2) is 33.2 Å². The smallest absolute Gasteiger partial charge is 0.239 e. The van der Waals surface area contributed by atoms with Gasteiger partial charge in [-0.25, -0.2) is 0 Å². The predicted octanol–water partition coefficient (Wildman–Crippen LogP) is 1.24. The molecule has 1 aromatic carbocycles. The lowest BCUT2D eigenvalue weighted by molar-refractivity contribution is -0.119. The Morgan fingerprint density at radius 1 is 1.50 bits per heavy atom. The number of rotatable bonds is 6. The van der Waals surface area contributed by atoms with Crippen LogP contribution in [0.3, 0.4) is 0 Å². The summed E-state index contributed by atoms with van der Waals surface area (Å²) in [6.07, 6.45) is 0.928. The average Bonchev–Trinajstić information content (AvgIpc) is 2.37. The van der Waals surface area contributed by atoms with Crippen LogP contribution in [0.4, 0.5) is 11.4 Å². The van der Waals surface area contributed by atoms with Crippen molar-refractivity contribution in [3.63, 3.8) is 0 Å². The number of nitrogens with two attached hydrogens (primary N) is 1. The highest BCUT2D eigenvalue weighted by atomic mass is 16.5. The van der Waals surface area contributed by atoms with E-state index in [9.17, 15) is 4.79 Å². The molecule has 5 heteroatoms. The monoisotopic (exact) mass is 251 g/mol. The minimum absolute atomic E-state index is 0.0367. The third-order valence-corrected chi connectivity index (χ3v) is 2.56. The van der Waals surface area contributed by atoms with Gasteiger partial charge in [-0.3, -0.25) is 4.79 Å². The number of carbonyl (C=O) groups excluding carboxylic acids is 1. The Balaban J connectivity index is 2.79. The van der Waals surface area contributed by atoms with Crippen LogP contribution >= 0.6 is 0 Å². The molecule has 0 aliphatic heterocycles. The maximum absolute atomic E-state index is 11.3. The zero-order valence-corrected chi connectivity index (χ0v) is 11.2. The van der Waals surface area contributed by atoms with Crippen LogP contribution in [0, 0.1) is 0 Å². The molecule has 0 aliphatic carbocycles. The first-order valence-corrected chi connectivity index (χ1v) is 6.02. The predicted molar refractivity (Wildman–Crippen MR) is 74.0 cm³/mol. The van der Waals surface area contributed by atoms with Crippen LogP contribution < -0.4 is 20.7 Å². The average molecular weight is 251 g/mol. The molecule has 1 rings (SSSR count). The molecule has 0 atom stereocenters. The Morgan fingerprint density at radius 2 is 2.22 bits per heavy atom. The maximum atomic E-state index is 11.3. The highest BCUT2D eigenvalue weighted by Gasteiger charge is 2.08. The van der Waals surface area contributed by atoms with Gasteiger partial charge in [0.15, 0.2) is 0 Å². The molecular weight excluding hydrogens is 230 g/mol. The summed E-state index contributed by atoms with van der Waals surface area (Å²) in [5, 5.41) is 2.59. The number of hydrogen-bond donors (Lipinski definition) is 2. The lowest BCUT2D eigenvalue weighted by Gasteiger charge is -2.19. The first-order chi connectivity index (χ1) is 8.58. The molecule has 1 amide bonds. The lowest BCUT2D eigenvalue weighted by Crippen LogP contribution is -2.32. The molecule has 0 fully saturated rings. The lowest BCUT2D eigenvalue weighted by atomic mass is 10.2. The van der Waals surface area contributed by atoms with Crippen molar-refractivity contribution in [2.45, 2.75) is 13.3 Å². The molecule has 0 bridgehead atoms. The topological polar surface area (TPSA) is 67.6 Å². The third-order valence-electron chi connectivity index (χ3n) is 2.56. The fourth-order valence-electron chi connectivity index (χ4n) is 1.48. The Morgan fingerprint density at radius 3 is 2.83 bits per heavy atom. The summed E-state index contributed by atoms with van der Waals surface area (Å²) in [5.41, 5.74) is 7.35. The van der Waals surface area contributed by atoms with E-state index < -0.39 is 0 Å². The maximum Gasteiger partial charge on any atom is 0.239 e. The fourth-order valence-corrected chi connectivity index (χ4v) is 1.48. The molecule has 1 aromatic rings. The summed E-state index contributed by atoms with van der Waals surface area (Å²) in [5.74, 6) is 0.628. The SMILES string of the molecule is CCCOc1cc(N(C)CC(=O)NC)ccc1N. The summed E-state index contributed by atoms with van der Waals surface area (Å²) in [7, 11) is 3.47. The van der Waals surface area contributed by atoms with Crippen molar-refractivity contribution < 1.29 is 9.53 Å². The normalized spacial score (nSPS) is 9.94. The van der Waals surface area contributed by atoms with Gasteiger partial charge in [0.05, 0.1) is 18.8 Å². The molecule has 0 heterocycles. The number of carbonyl (C=O) groups is 1. The van der Waals surface area contributed by atoms with Crippen molar-refractivity contribution in [3.05, 3.63) is 18.2 Å². The Bertz CT molecular complexity index is 407. The molecule has 18 heavy (non-hydrogen) atoms.